The lowest BCUT2D eigenvalue weighted by Crippen LogP contribution is -2.42. The number of pyridine rings is 1. The Kier molecular flexibility index (Phi) is 6.82. The SMILES string of the molecule is CC1CCN(C(=O)c2ccc(NCC(O)CN3CCOCC3)nc2)CC1. The second-order valence-electron chi connectivity index (χ2n) is 7.35. The molecule has 2 saturated heterocycles. The van der Waals surface area contributed by atoms with Gasteiger partial charge in [0.15, 0.2) is 0 Å². The molecule has 3 heterocycles. The lowest BCUT2D eigenvalue weighted by atomic mass is 9.99. The van der Waals surface area contributed by atoms with Gasteiger partial charge in [0, 0.05) is 45.5 Å². The van der Waals surface area contributed by atoms with Crippen molar-refractivity contribution in [1.82, 2.24) is 14.8 Å². The Morgan fingerprint density at radius 2 is 2.04 bits per heavy atom. The minimum absolute atomic E-state index is 0.0586. The van der Waals surface area contributed by atoms with Crippen LogP contribution in [0.2, 0.25) is 0 Å². The number of aliphatic hydroxyl groups excluding tert-OH is 1. The van der Waals surface area contributed by atoms with Gasteiger partial charge in [0.2, 0.25) is 0 Å². The van der Waals surface area contributed by atoms with Crippen molar-refractivity contribution in [2.24, 2.45) is 5.92 Å². The number of aromatic nitrogens is 1. The van der Waals surface area contributed by atoms with Crippen molar-refractivity contribution >= 4 is 11.7 Å². The maximum Gasteiger partial charge on any atom is 0.255 e. The molecule has 2 N–H and O–H groups in total. The van der Waals surface area contributed by atoms with Crippen LogP contribution in [0, 0.1) is 5.92 Å². The predicted molar refractivity (Wildman–Crippen MR) is 100 cm³/mol. The summed E-state index contributed by atoms with van der Waals surface area (Å²) in [5, 5.41) is 13.3. The molecule has 1 amide bonds. The molecule has 0 aromatic carbocycles. The number of morpholine rings is 1. The third-order valence-corrected chi connectivity index (χ3v) is 5.17. The lowest BCUT2D eigenvalue weighted by Gasteiger charge is -2.30. The van der Waals surface area contributed by atoms with Crippen LogP contribution < -0.4 is 5.32 Å². The highest BCUT2D eigenvalue weighted by Gasteiger charge is 2.21. The van der Waals surface area contributed by atoms with E-state index < -0.39 is 6.10 Å². The first-order valence-corrected chi connectivity index (χ1v) is 9.59. The smallest absolute Gasteiger partial charge is 0.255 e. The monoisotopic (exact) mass is 362 g/mol. The normalized spacial score (nSPS) is 20.8. The number of nitrogens with one attached hydrogen (secondary N) is 1. The molecule has 144 valence electrons. The number of aliphatic hydroxyl groups is 1. The predicted octanol–water partition coefficient (Wildman–Crippen LogP) is 1.06. The second kappa shape index (κ2) is 9.30. The van der Waals surface area contributed by atoms with Gasteiger partial charge in [-0.1, -0.05) is 6.92 Å². The molecule has 0 spiro atoms. The summed E-state index contributed by atoms with van der Waals surface area (Å²) in [7, 11) is 0. The van der Waals surface area contributed by atoms with Gasteiger partial charge in [-0.25, -0.2) is 4.98 Å². The number of likely N-dealkylation sites (tertiary alicyclic amines) is 1. The minimum Gasteiger partial charge on any atom is -0.390 e. The third kappa shape index (κ3) is 5.40. The molecular formula is C19H30N4O3. The number of hydrogen-bond acceptors (Lipinski definition) is 6. The fourth-order valence-electron chi connectivity index (χ4n) is 3.39. The van der Waals surface area contributed by atoms with Gasteiger partial charge >= 0.3 is 0 Å². The van der Waals surface area contributed by atoms with Crippen molar-refractivity contribution in [3.63, 3.8) is 0 Å². The Labute approximate surface area is 155 Å². The molecule has 2 aliphatic rings. The molecule has 0 aliphatic carbocycles. The lowest BCUT2D eigenvalue weighted by molar-refractivity contribution is 0.0171. The zero-order chi connectivity index (χ0) is 18.4. The molecule has 0 radical (unpaired) electrons. The van der Waals surface area contributed by atoms with Crippen LogP contribution in [0.1, 0.15) is 30.1 Å². The van der Waals surface area contributed by atoms with Crippen molar-refractivity contribution in [3.05, 3.63) is 23.9 Å². The van der Waals surface area contributed by atoms with Gasteiger partial charge in [-0.05, 0) is 30.9 Å². The number of β-amino-alcohol motifs (C(OH)–C–C–N with tert-alkyl or cyclic N) is 1. The number of anilines is 1. The van der Waals surface area contributed by atoms with E-state index >= 15 is 0 Å². The molecule has 0 bridgehead atoms. The fourth-order valence-corrected chi connectivity index (χ4v) is 3.39. The summed E-state index contributed by atoms with van der Waals surface area (Å²) < 4.78 is 5.31. The van der Waals surface area contributed by atoms with Crippen LogP contribution in [-0.4, -0.2) is 84.4 Å². The van der Waals surface area contributed by atoms with Crippen LogP contribution in [0.15, 0.2) is 18.3 Å². The Bertz CT molecular complexity index is 567. The highest BCUT2D eigenvalue weighted by molar-refractivity contribution is 5.94. The molecule has 7 nitrogen and oxygen atoms in total. The minimum atomic E-state index is -0.466. The van der Waals surface area contributed by atoms with Crippen LogP contribution in [0.4, 0.5) is 5.82 Å². The summed E-state index contributed by atoms with van der Waals surface area (Å²) >= 11 is 0. The molecule has 2 aliphatic heterocycles. The summed E-state index contributed by atoms with van der Waals surface area (Å²) in [5.74, 6) is 1.44. The topological polar surface area (TPSA) is 77.9 Å². The summed E-state index contributed by atoms with van der Waals surface area (Å²) in [6.45, 7) is 8.13. The molecule has 1 atom stereocenters. The average Bonchev–Trinajstić information content (AvgIpc) is 2.68. The zero-order valence-electron chi connectivity index (χ0n) is 15.6. The standard InChI is InChI=1S/C19H30N4O3/c1-15-4-6-23(7-5-15)19(25)16-2-3-18(20-12-16)21-13-17(24)14-22-8-10-26-11-9-22/h2-3,12,15,17,24H,4-11,13-14H2,1H3,(H,20,21). The molecule has 1 aromatic heterocycles. The Morgan fingerprint density at radius 3 is 2.69 bits per heavy atom. The number of rotatable bonds is 6. The van der Waals surface area contributed by atoms with Crippen LogP contribution in [0.5, 0.6) is 0 Å². The number of carbonyl (C=O) groups is 1. The first-order chi connectivity index (χ1) is 12.6. The second-order valence-corrected chi connectivity index (χ2v) is 7.35. The number of ether oxygens (including phenoxy) is 1. The molecule has 7 heteroatoms. The number of piperidine rings is 1. The number of carbonyl (C=O) groups excluding carboxylic acids is 1. The van der Waals surface area contributed by atoms with Crippen LogP contribution in [0.25, 0.3) is 0 Å². The number of hydrogen-bond donors (Lipinski definition) is 2. The third-order valence-electron chi connectivity index (χ3n) is 5.17. The van der Waals surface area contributed by atoms with Crippen molar-refractivity contribution in [2.75, 3.05) is 57.8 Å². The number of nitrogens with zero attached hydrogens (tertiary/aromatic N) is 3. The fraction of sp³-hybridized carbons (Fsp3) is 0.684. The highest BCUT2D eigenvalue weighted by atomic mass is 16.5. The Hall–Kier alpha value is -1.70. The molecule has 3 rings (SSSR count). The van der Waals surface area contributed by atoms with E-state index in [4.69, 9.17) is 4.74 Å². The van der Waals surface area contributed by atoms with Gasteiger partial charge < -0.3 is 20.1 Å². The van der Waals surface area contributed by atoms with E-state index in [2.05, 4.69) is 22.1 Å². The highest BCUT2D eigenvalue weighted by Crippen LogP contribution is 2.18. The van der Waals surface area contributed by atoms with Gasteiger partial charge in [0.1, 0.15) is 5.82 Å². The van der Waals surface area contributed by atoms with Crippen molar-refractivity contribution in [3.8, 4) is 0 Å². The van der Waals surface area contributed by atoms with E-state index in [1.165, 1.54) is 0 Å². The van der Waals surface area contributed by atoms with Crippen molar-refractivity contribution in [1.29, 1.82) is 0 Å². The summed E-state index contributed by atoms with van der Waals surface area (Å²) in [4.78, 5) is 21.0. The van der Waals surface area contributed by atoms with Crippen LogP contribution in [-0.2, 0) is 4.74 Å². The Balaban J connectivity index is 1.44. The maximum atomic E-state index is 12.5. The van der Waals surface area contributed by atoms with E-state index in [0.717, 1.165) is 52.2 Å². The summed E-state index contributed by atoms with van der Waals surface area (Å²) in [6.07, 6.45) is 3.29. The van der Waals surface area contributed by atoms with Crippen molar-refractivity contribution in [2.45, 2.75) is 25.9 Å². The van der Waals surface area contributed by atoms with Gasteiger partial charge in [-0.3, -0.25) is 9.69 Å². The molecule has 1 aromatic rings. The van der Waals surface area contributed by atoms with E-state index in [-0.39, 0.29) is 5.91 Å². The summed E-state index contributed by atoms with van der Waals surface area (Å²) in [5.41, 5.74) is 0.624. The Morgan fingerprint density at radius 1 is 1.31 bits per heavy atom. The van der Waals surface area contributed by atoms with E-state index in [0.29, 0.717) is 30.4 Å². The molecule has 26 heavy (non-hydrogen) atoms. The average molecular weight is 362 g/mol. The quantitative estimate of drug-likeness (QED) is 0.788. The molecule has 2 fully saturated rings. The zero-order valence-corrected chi connectivity index (χ0v) is 15.6. The maximum absolute atomic E-state index is 12.5. The van der Waals surface area contributed by atoms with E-state index in [1.54, 1.807) is 12.3 Å². The molecule has 0 saturated carbocycles. The molecular weight excluding hydrogens is 332 g/mol. The number of amides is 1. The van der Waals surface area contributed by atoms with E-state index in [1.807, 2.05) is 11.0 Å². The van der Waals surface area contributed by atoms with Gasteiger partial charge in [-0.2, -0.15) is 0 Å². The van der Waals surface area contributed by atoms with Gasteiger partial charge in [0.05, 0.1) is 24.9 Å². The largest absolute Gasteiger partial charge is 0.390 e. The van der Waals surface area contributed by atoms with Gasteiger partial charge in [0.25, 0.3) is 5.91 Å². The first kappa shape index (κ1) is 19.1. The van der Waals surface area contributed by atoms with Crippen LogP contribution in [0.3, 0.4) is 0 Å². The first-order valence-electron chi connectivity index (χ1n) is 9.59. The van der Waals surface area contributed by atoms with Gasteiger partial charge in [-0.15, -0.1) is 0 Å². The van der Waals surface area contributed by atoms with E-state index in [9.17, 15) is 9.90 Å². The molecule has 1 unspecified atom stereocenters. The van der Waals surface area contributed by atoms with Crippen LogP contribution >= 0.6 is 0 Å². The summed E-state index contributed by atoms with van der Waals surface area (Å²) in [6, 6.07) is 3.62. The van der Waals surface area contributed by atoms with Crippen molar-refractivity contribution < 1.29 is 14.6 Å².